The van der Waals surface area contributed by atoms with Gasteiger partial charge in [-0.3, -0.25) is 0 Å². The van der Waals surface area contributed by atoms with Gasteiger partial charge in [0.15, 0.2) is 0 Å². The highest BCUT2D eigenvalue weighted by molar-refractivity contribution is 5.36. The number of rotatable bonds is 5. The van der Waals surface area contributed by atoms with E-state index in [9.17, 15) is 0 Å². The largest absolute Gasteiger partial charge is 0.494 e. The highest BCUT2D eigenvalue weighted by Gasteiger charge is 2.31. The quantitative estimate of drug-likeness (QED) is 0.859. The average Bonchev–Trinajstić information content (AvgIpc) is 2.41. The molecule has 1 aliphatic carbocycles. The van der Waals surface area contributed by atoms with E-state index in [0.717, 1.165) is 24.2 Å². The summed E-state index contributed by atoms with van der Waals surface area (Å²) in [6, 6.07) is 8.91. The molecule has 20 heavy (non-hydrogen) atoms. The van der Waals surface area contributed by atoms with Crippen molar-refractivity contribution in [2.75, 3.05) is 13.7 Å². The second kappa shape index (κ2) is 7.12. The third kappa shape index (κ3) is 3.54. The zero-order chi connectivity index (χ0) is 14.5. The third-order valence-corrected chi connectivity index (χ3v) is 4.55. The summed E-state index contributed by atoms with van der Waals surface area (Å²) in [4.78, 5) is 0. The van der Waals surface area contributed by atoms with E-state index in [2.05, 4.69) is 57.4 Å². The number of benzene rings is 1. The van der Waals surface area contributed by atoms with E-state index in [0.29, 0.717) is 12.0 Å². The predicted octanol–water partition coefficient (Wildman–Crippen LogP) is 4.42. The van der Waals surface area contributed by atoms with Crippen LogP contribution in [0.15, 0.2) is 24.3 Å². The Balaban J connectivity index is 2.23. The first-order valence-corrected chi connectivity index (χ1v) is 8.04. The van der Waals surface area contributed by atoms with Crippen molar-refractivity contribution >= 4 is 0 Å². The van der Waals surface area contributed by atoms with Crippen molar-refractivity contribution in [2.24, 2.45) is 17.8 Å². The van der Waals surface area contributed by atoms with Crippen molar-refractivity contribution in [1.82, 2.24) is 5.32 Å². The number of para-hydroxylation sites is 1. The lowest BCUT2D eigenvalue weighted by Gasteiger charge is -2.37. The van der Waals surface area contributed by atoms with Crippen LogP contribution in [0.2, 0.25) is 0 Å². The summed E-state index contributed by atoms with van der Waals surface area (Å²) in [5.41, 5.74) is 1.32. The van der Waals surface area contributed by atoms with Gasteiger partial charge in [-0.1, -0.05) is 32.0 Å². The molecule has 0 aromatic heterocycles. The minimum Gasteiger partial charge on any atom is -0.494 e. The second-order valence-corrected chi connectivity index (χ2v) is 6.41. The summed E-state index contributed by atoms with van der Waals surface area (Å²) >= 11 is 0. The van der Waals surface area contributed by atoms with E-state index in [1.54, 1.807) is 0 Å². The minimum absolute atomic E-state index is 0.406. The van der Waals surface area contributed by atoms with E-state index in [4.69, 9.17) is 4.74 Å². The van der Waals surface area contributed by atoms with Crippen molar-refractivity contribution in [1.29, 1.82) is 0 Å². The molecule has 0 radical (unpaired) electrons. The molecule has 0 spiro atoms. The number of nitrogens with one attached hydrogen (secondary N) is 1. The van der Waals surface area contributed by atoms with Crippen LogP contribution in [0.1, 0.15) is 51.6 Å². The van der Waals surface area contributed by atoms with Crippen LogP contribution in [0.5, 0.6) is 5.75 Å². The second-order valence-electron chi connectivity index (χ2n) is 6.41. The highest BCUT2D eigenvalue weighted by atomic mass is 16.5. The van der Waals surface area contributed by atoms with Crippen LogP contribution in [0.4, 0.5) is 0 Å². The zero-order valence-corrected chi connectivity index (χ0v) is 13.4. The Morgan fingerprint density at radius 2 is 1.80 bits per heavy atom. The van der Waals surface area contributed by atoms with Crippen LogP contribution in [0.3, 0.4) is 0 Å². The summed E-state index contributed by atoms with van der Waals surface area (Å²) in [6.07, 6.45) is 4.01. The van der Waals surface area contributed by atoms with Crippen molar-refractivity contribution in [3.05, 3.63) is 29.8 Å². The molecule has 0 saturated heterocycles. The van der Waals surface area contributed by atoms with E-state index < -0.39 is 0 Å². The molecule has 2 rings (SSSR count). The monoisotopic (exact) mass is 275 g/mol. The van der Waals surface area contributed by atoms with E-state index in [-0.39, 0.29) is 0 Å². The van der Waals surface area contributed by atoms with Gasteiger partial charge in [0.1, 0.15) is 5.75 Å². The fourth-order valence-corrected chi connectivity index (χ4v) is 3.95. The van der Waals surface area contributed by atoms with Gasteiger partial charge < -0.3 is 10.1 Å². The van der Waals surface area contributed by atoms with Gasteiger partial charge in [-0.05, 0) is 57.1 Å². The molecule has 1 fully saturated rings. The molecule has 2 heteroatoms. The van der Waals surface area contributed by atoms with Crippen LogP contribution in [-0.2, 0) is 0 Å². The van der Waals surface area contributed by atoms with E-state index in [1.807, 2.05) is 0 Å². The predicted molar refractivity (Wildman–Crippen MR) is 85.1 cm³/mol. The molecule has 1 N–H and O–H groups in total. The van der Waals surface area contributed by atoms with Crippen LogP contribution in [0.25, 0.3) is 0 Å². The maximum Gasteiger partial charge on any atom is 0.124 e. The Morgan fingerprint density at radius 3 is 2.40 bits per heavy atom. The first-order chi connectivity index (χ1) is 9.65. The van der Waals surface area contributed by atoms with Crippen LogP contribution in [-0.4, -0.2) is 13.7 Å². The molecule has 0 aliphatic heterocycles. The van der Waals surface area contributed by atoms with Crippen molar-refractivity contribution in [3.63, 3.8) is 0 Å². The van der Waals surface area contributed by atoms with Gasteiger partial charge in [0.25, 0.3) is 0 Å². The van der Waals surface area contributed by atoms with Crippen LogP contribution >= 0.6 is 0 Å². The highest BCUT2D eigenvalue weighted by Crippen LogP contribution is 2.41. The summed E-state index contributed by atoms with van der Waals surface area (Å²) in [6.45, 7) is 7.56. The normalized spacial score (nSPS) is 28.1. The smallest absolute Gasteiger partial charge is 0.124 e. The Hall–Kier alpha value is -1.02. The lowest BCUT2D eigenvalue weighted by atomic mass is 9.72. The number of ether oxygens (including phenoxy) is 1. The molecule has 1 aromatic carbocycles. The molecule has 1 saturated carbocycles. The Bertz CT molecular complexity index is 408. The third-order valence-electron chi connectivity index (χ3n) is 4.55. The molecule has 1 aromatic rings. The van der Waals surface area contributed by atoms with Crippen molar-refractivity contribution in [3.8, 4) is 5.75 Å². The lowest BCUT2D eigenvalue weighted by Crippen LogP contribution is -2.31. The zero-order valence-electron chi connectivity index (χ0n) is 13.4. The SMILES string of the molecule is CCOc1ccccc1C(NC)C1CC(C)CC(C)C1. The summed E-state index contributed by atoms with van der Waals surface area (Å²) < 4.78 is 5.82. The van der Waals surface area contributed by atoms with Gasteiger partial charge in [-0.25, -0.2) is 0 Å². The van der Waals surface area contributed by atoms with Gasteiger partial charge in [-0.15, -0.1) is 0 Å². The maximum absolute atomic E-state index is 5.82. The Morgan fingerprint density at radius 1 is 1.15 bits per heavy atom. The Kier molecular flexibility index (Phi) is 5.47. The molecule has 112 valence electrons. The number of hydrogen-bond donors (Lipinski definition) is 1. The first kappa shape index (κ1) is 15.4. The summed E-state index contributed by atoms with van der Waals surface area (Å²) in [7, 11) is 2.08. The molecular formula is C18H29NO. The summed E-state index contributed by atoms with van der Waals surface area (Å²) in [5.74, 6) is 3.42. The molecule has 2 nitrogen and oxygen atoms in total. The van der Waals surface area contributed by atoms with E-state index in [1.165, 1.54) is 24.8 Å². The van der Waals surface area contributed by atoms with Gasteiger partial charge in [0.2, 0.25) is 0 Å². The van der Waals surface area contributed by atoms with Gasteiger partial charge in [0.05, 0.1) is 6.61 Å². The molecule has 0 heterocycles. The Labute approximate surface area is 123 Å². The fraction of sp³-hybridized carbons (Fsp3) is 0.667. The standard InChI is InChI=1S/C18H29NO/c1-5-20-17-9-7-6-8-16(17)18(19-4)15-11-13(2)10-14(3)12-15/h6-9,13-15,18-19H,5,10-12H2,1-4H3. The van der Waals surface area contributed by atoms with Gasteiger partial charge >= 0.3 is 0 Å². The fourth-order valence-electron chi connectivity index (χ4n) is 3.95. The maximum atomic E-state index is 5.82. The van der Waals surface area contributed by atoms with E-state index >= 15 is 0 Å². The molecule has 3 atom stereocenters. The van der Waals surface area contributed by atoms with Gasteiger partial charge in [-0.2, -0.15) is 0 Å². The van der Waals surface area contributed by atoms with Crippen LogP contribution < -0.4 is 10.1 Å². The first-order valence-electron chi connectivity index (χ1n) is 8.04. The molecule has 0 bridgehead atoms. The molecule has 3 unspecified atom stereocenters. The molecule has 0 amide bonds. The lowest BCUT2D eigenvalue weighted by molar-refractivity contribution is 0.178. The molecular weight excluding hydrogens is 246 g/mol. The minimum atomic E-state index is 0.406. The van der Waals surface area contributed by atoms with Crippen molar-refractivity contribution < 1.29 is 4.74 Å². The summed E-state index contributed by atoms with van der Waals surface area (Å²) in [5, 5.41) is 3.55. The average molecular weight is 275 g/mol. The topological polar surface area (TPSA) is 21.3 Å². The number of hydrogen-bond acceptors (Lipinski definition) is 2. The molecule has 1 aliphatic rings. The van der Waals surface area contributed by atoms with Crippen LogP contribution in [0, 0.1) is 17.8 Å². The van der Waals surface area contributed by atoms with Crippen molar-refractivity contribution in [2.45, 2.75) is 46.1 Å². The van der Waals surface area contributed by atoms with Gasteiger partial charge in [0, 0.05) is 11.6 Å².